The number of rotatable bonds is 2. The SMILES string of the molecule is Cc1ncc2c(n1)CCC(NC(=O)c1cc(Cl)c3c(c1)OCO3)C2. The first-order valence-corrected chi connectivity index (χ1v) is 8.19. The van der Waals surface area contributed by atoms with Gasteiger partial charge in [0, 0.05) is 23.5 Å². The molecule has 0 spiro atoms. The average Bonchev–Trinajstić information content (AvgIpc) is 3.04. The number of aryl methyl sites for hydroxylation is 2. The first-order valence-electron chi connectivity index (χ1n) is 7.81. The van der Waals surface area contributed by atoms with Crippen molar-refractivity contribution in [1.82, 2.24) is 15.3 Å². The zero-order valence-corrected chi connectivity index (χ0v) is 13.9. The van der Waals surface area contributed by atoms with E-state index in [1.54, 1.807) is 12.1 Å². The molecule has 24 heavy (non-hydrogen) atoms. The molecule has 0 saturated heterocycles. The van der Waals surface area contributed by atoms with E-state index in [-0.39, 0.29) is 18.7 Å². The summed E-state index contributed by atoms with van der Waals surface area (Å²) in [4.78, 5) is 21.2. The Morgan fingerprint density at radius 1 is 1.38 bits per heavy atom. The third-order valence-electron chi connectivity index (χ3n) is 4.30. The van der Waals surface area contributed by atoms with E-state index in [2.05, 4.69) is 15.3 Å². The number of aromatic nitrogens is 2. The van der Waals surface area contributed by atoms with E-state index in [0.717, 1.165) is 36.3 Å². The van der Waals surface area contributed by atoms with E-state index in [0.29, 0.717) is 22.1 Å². The molecule has 0 radical (unpaired) electrons. The summed E-state index contributed by atoms with van der Waals surface area (Å²) >= 11 is 6.14. The quantitative estimate of drug-likeness (QED) is 0.905. The number of nitrogens with one attached hydrogen (secondary N) is 1. The van der Waals surface area contributed by atoms with Crippen molar-refractivity contribution in [3.05, 3.63) is 46.0 Å². The predicted octanol–water partition coefficient (Wildman–Crippen LogP) is 2.45. The number of amides is 1. The molecule has 2 heterocycles. The lowest BCUT2D eigenvalue weighted by Crippen LogP contribution is -2.39. The minimum atomic E-state index is -0.170. The monoisotopic (exact) mass is 345 g/mol. The van der Waals surface area contributed by atoms with E-state index in [4.69, 9.17) is 21.1 Å². The van der Waals surface area contributed by atoms with Gasteiger partial charge >= 0.3 is 0 Å². The molecule has 1 unspecified atom stereocenters. The topological polar surface area (TPSA) is 73.3 Å². The number of carbonyl (C=O) groups is 1. The Hall–Kier alpha value is -2.34. The number of benzene rings is 1. The highest BCUT2D eigenvalue weighted by atomic mass is 35.5. The number of carbonyl (C=O) groups excluding carboxylic acids is 1. The molecule has 7 heteroatoms. The van der Waals surface area contributed by atoms with E-state index < -0.39 is 0 Å². The lowest BCUT2D eigenvalue weighted by Gasteiger charge is -2.24. The Morgan fingerprint density at radius 3 is 3.12 bits per heavy atom. The van der Waals surface area contributed by atoms with Crippen molar-refractivity contribution >= 4 is 17.5 Å². The number of nitrogens with zero attached hydrogens (tertiary/aromatic N) is 2. The van der Waals surface area contributed by atoms with E-state index in [9.17, 15) is 4.79 Å². The summed E-state index contributed by atoms with van der Waals surface area (Å²) in [5.41, 5.74) is 2.65. The van der Waals surface area contributed by atoms with Crippen LogP contribution in [0.3, 0.4) is 0 Å². The Morgan fingerprint density at radius 2 is 2.25 bits per heavy atom. The summed E-state index contributed by atoms with van der Waals surface area (Å²) in [5.74, 6) is 1.61. The molecule has 1 aromatic heterocycles. The van der Waals surface area contributed by atoms with Crippen molar-refractivity contribution < 1.29 is 14.3 Å². The van der Waals surface area contributed by atoms with Crippen LogP contribution in [0.1, 0.15) is 33.9 Å². The summed E-state index contributed by atoms with van der Waals surface area (Å²) < 4.78 is 10.6. The van der Waals surface area contributed by atoms with Crippen LogP contribution in [0.4, 0.5) is 0 Å². The minimum Gasteiger partial charge on any atom is -0.454 e. The molecular formula is C17H16ClN3O3. The van der Waals surface area contributed by atoms with Gasteiger partial charge in [0.25, 0.3) is 5.91 Å². The number of hydrogen-bond donors (Lipinski definition) is 1. The fraction of sp³-hybridized carbons (Fsp3) is 0.353. The van der Waals surface area contributed by atoms with Crippen LogP contribution in [0.25, 0.3) is 0 Å². The van der Waals surface area contributed by atoms with Crippen LogP contribution in [-0.4, -0.2) is 28.7 Å². The first-order chi connectivity index (χ1) is 11.6. The predicted molar refractivity (Wildman–Crippen MR) is 87.6 cm³/mol. The van der Waals surface area contributed by atoms with Crippen molar-refractivity contribution in [2.24, 2.45) is 0 Å². The third-order valence-corrected chi connectivity index (χ3v) is 4.58. The van der Waals surface area contributed by atoms with Crippen LogP contribution in [-0.2, 0) is 12.8 Å². The van der Waals surface area contributed by atoms with Crippen LogP contribution in [0.15, 0.2) is 18.3 Å². The van der Waals surface area contributed by atoms with Gasteiger partial charge in [-0.2, -0.15) is 0 Å². The van der Waals surface area contributed by atoms with Crippen LogP contribution in [0, 0.1) is 6.92 Å². The second-order valence-electron chi connectivity index (χ2n) is 5.99. The highest BCUT2D eigenvalue weighted by molar-refractivity contribution is 6.32. The maximum Gasteiger partial charge on any atom is 0.251 e. The van der Waals surface area contributed by atoms with E-state index in [1.165, 1.54) is 0 Å². The molecule has 1 aliphatic heterocycles. The molecule has 124 valence electrons. The molecule has 0 fully saturated rings. The normalized spacial score (nSPS) is 18.2. The summed E-state index contributed by atoms with van der Waals surface area (Å²) in [5, 5.41) is 3.44. The second-order valence-corrected chi connectivity index (χ2v) is 6.40. The molecule has 2 aliphatic rings. The zero-order valence-electron chi connectivity index (χ0n) is 13.1. The molecule has 1 aromatic carbocycles. The molecule has 6 nitrogen and oxygen atoms in total. The van der Waals surface area contributed by atoms with Gasteiger partial charge in [-0.1, -0.05) is 11.6 Å². The summed E-state index contributed by atoms with van der Waals surface area (Å²) in [6.07, 6.45) is 4.28. The summed E-state index contributed by atoms with van der Waals surface area (Å²) in [7, 11) is 0. The Bertz CT molecular complexity index is 825. The number of ether oxygens (including phenoxy) is 2. The fourth-order valence-corrected chi connectivity index (χ4v) is 3.36. The van der Waals surface area contributed by atoms with Gasteiger partial charge < -0.3 is 14.8 Å². The number of halogens is 1. The first kappa shape index (κ1) is 15.2. The van der Waals surface area contributed by atoms with Crippen molar-refractivity contribution in [1.29, 1.82) is 0 Å². The maximum atomic E-state index is 12.5. The highest BCUT2D eigenvalue weighted by Crippen LogP contribution is 2.39. The van der Waals surface area contributed by atoms with Crippen LogP contribution >= 0.6 is 11.6 Å². The lowest BCUT2D eigenvalue weighted by atomic mass is 9.92. The molecule has 4 rings (SSSR count). The Labute approximate surface area is 144 Å². The Balaban J connectivity index is 1.49. The lowest BCUT2D eigenvalue weighted by molar-refractivity contribution is 0.0933. The molecule has 2 aromatic rings. The molecular weight excluding hydrogens is 330 g/mol. The van der Waals surface area contributed by atoms with Crippen molar-refractivity contribution in [2.45, 2.75) is 32.2 Å². The summed E-state index contributed by atoms with van der Waals surface area (Å²) in [6.45, 7) is 2.01. The van der Waals surface area contributed by atoms with Crippen molar-refractivity contribution in [3.63, 3.8) is 0 Å². The van der Waals surface area contributed by atoms with Gasteiger partial charge in [-0.15, -0.1) is 0 Å². The minimum absolute atomic E-state index is 0.0560. The second kappa shape index (κ2) is 5.94. The van der Waals surface area contributed by atoms with E-state index >= 15 is 0 Å². The van der Waals surface area contributed by atoms with Crippen LogP contribution in [0.5, 0.6) is 11.5 Å². The molecule has 1 N–H and O–H groups in total. The van der Waals surface area contributed by atoms with Crippen molar-refractivity contribution in [3.8, 4) is 11.5 Å². The van der Waals surface area contributed by atoms with Gasteiger partial charge in [-0.25, -0.2) is 9.97 Å². The van der Waals surface area contributed by atoms with Crippen LogP contribution < -0.4 is 14.8 Å². The molecule has 1 amide bonds. The average molecular weight is 346 g/mol. The van der Waals surface area contributed by atoms with Gasteiger partial charge in [-0.05, 0) is 43.9 Å². The number of hydrogen-bond acceptors (Lipinski definition) is 5. The van der Waals surface area contributed by atoms with Crippen LogP contribution in [0.2, 0.25) is 5.02 Å². The van der Waals surface area contributed by atoms with E-state index in [1.807, 2.05) is 13.1 Å². The standard InChI is InChI=1S/C17H16ClN3O3/c1-9-19-7-11-4-12(2-3-14(11)20-9)21-17(22)10-5-13(18)16-15(6-10)23-8-24-16/h5-7,12H,2-4,8H2,1H3,(H,21,22). The molecule has 0 bridgehead atoms. The highest BCUT2D eigenvalue weighted by Gasteiger charge is 2.24. The van der Waals surface area contributed by atoms with Crippen molar-refractivity contribution in [2.75, 3.05) is 6.79 Å². The van der Waals surface area contributed by atoms with Gasteiger partial charge in [-0.3, -0.25) is 4.79 Å². The molecule has 1 atom stereocenters. The zero-order chi connectivity index (χ0) is 16.7. The van der Waals surface area contributed by atoms with Gasteiger partial charge in [0.15, 0.2) is 11.5 Å². The number of fused-ring (bicyclic) bond motifs is 2. The molecule has 0 saturated carbocycles. The maximum absolute atomic E-state index is 12.5. The van der Waals surface area contributed by atoms with Gasteiger partial charge in [0.2, 0.25) is 6.79 Å². The smallest absolute Gasteiger partial charge is 0.251 e. The van der Waals surface area contributed by atoms with Gasteiger partial charge in [0.1, 0.15) is 5.82 Å². The Kier molecular flexibility index (Phi) is 3.76. The third kappa shape index (κ3) is 2.78. The largest absolute Gasteiger partial charge is 0.454 e. The van der Waals surface area contributed by atoms with Gasteiger partial charge in [0.05, 0.1) is 5.02 Å². The summed E-state index contributed by atoms with van der Waals surface area (Å²) in [6, 6.07) is 3.32. The molecule has 1 aliphatic carbocycles. The fourth-order valence-electron chi connectivity index (χ4n) is 3.10.